The Morgan fingerprint density at radius 1 is 0.548 bits per heavy atom. The van der Waals surface area contributed by atoms with Gasteiger partial charge in [0, 0.05) is 25.8 Å². The molecule has 0 bridgehead atoms. The lowest BCUT2D eigenvalue weighted by Gasteiger charge is -2.22. The lowest BCUT2D eigenvalue weighted by atomic mass is 9.83. The molecule has 0 saturated heterocycles. The number of aromatic hydroxyl groups is 1. The second-order valence-electron chi connectivity index (χ2n) is 18.9. The molecule has 0 amide bonds. The molecule has 62 heavy (non-hydrogen) atoms. The van der Waals surface area contributed by atoms with E-state index < -0.39 is 11.8 Å². The minimum atomic E-state index is -0.912. The number of para-hydroxylation sites is 1. The summed E-state index contributed by atoms with van der Waals surface area (Å²) in [6.45, 7) is 23.0. The maximum Gasteiger partial charge on any atom is 0.149 e. The molecule has 4 nitrogen and oxygen atoms in total. The molecule has 0 fully saturated rings. The zero-order chi connectivity index (χ0) is 45.9. The number of aromatic nitrogens is 3. The minimum Gasteiger partial charge on any atom is -0.507 e. The lowest BCUT2D eigenvalue weighted by Crippen LogP contribution is -2.11. The molecule has 0 saturated carbocycles. The van der Waals surface area contributed by atoms with Crippen molar-refractivity contribution in [1.82, 2.24) is 14.5 Å². The van der Waals surface area contributed by atoms with Crippen LogP contribution in [-0.4, -0.2) is 19.6 Å². The fourth-order valence-corrected chi connectivity index (χ4v) is 8.48. The number of benzene rings is 6. The van der Waals surface area contributed by atoms with Crippen molar-refractivity contribution in [3.63, 3.8) is 0 Å². The van der Waals surface area contributed by atoms with Crippen molar-refractivity contribution in [1.29, 1.82) is 0 Å². The Bertz CT molecular complexity index is 3000. The van der Waals surface area contributed by atoms with E-state index >= 15 is 0 Å². The van der Waals surface area contributed by atoms with Crippen LogP contribution in [0.5, 0.6) is 5.75 Å². The van der Waals surface area contributed by atoms with Crippen molar-refractivity contribution >= 4 is 11.0 Å². The topological polar surface area (TPSA) is 50.9 Å². The summed E-state index contributed by atoms with van der Waals surface area (Å²) in [7, 11) is 0. The largest absolute Gasteiger partial charge is 0.507 e. The van der Waals surface area contributed by atoms with Crippen LogP contribution in [0, 0.1) is 0 Å². The Morgan fingerprint density at radius 2 is 1.27 bits per heavy atom. The molecule has 2 aromatic heterocycles. The van der Waals surface area contributed by atoms with Crippen LogP contribution < -0.4 is 0 Å². The van der Waals surface area contributed by atoms with Crippen molar-refractivity contribution in [2.45, 2.75) is 105 Å². The van der Waals surface area contributed by atoms with Gasteiger partial charge in [-0.1, -0.05) is 161 Å². The van der Waals surface area contributed by atoms with Gasteiger partial charge in [0.2, 0.25) is 0 Å². The summed E-state index contributed by atoms with van der Waals surface area (Å²) in [4.78, 5) is 10.5. The first-order chi connectivity index (χ1) is 30.2. The molecule has 0 aliphatic heterocycles. The van der Waals surface area contributed by atoms with Gasteiger partial charge < -0.3 is 5.11 Å². The normalized spacial score (nSPS) is 12.9. The first-order valence-electron chi connectivity index (χ1n) is 23.0. The van der Waals surface area contributed by atoms with E-state index in [2.05, 4.69) is 150 Å². The second kappa shape index (κ2) is 16.9. The van der Waals surface area contributed by atoms with Crippen LogP contribution in [0.25, 0.3) is 72.7 Å². The van der Waals surface area contributed by atoms with Gasteiger partial charge in [-0.05, 0) is 133 Å². The van der Waals surface area contributed by atoms with E-state index in [9.17, 15) is 6.48 Å². The predicted octanol–water partition coefficient (Wildman–Crippen LogP) is 16.3. The summed E-state index contributed by atoms with van der Waals surface area (Å²) >= 11 is 0. The number of hydrogen-bond donors (Lipinski definition) is 1. The summed E-state index contributed by atoms with van der Waals surface area (Å²) in [5.41, 5.74) is 16.2. The van der Waals surface area contributed by atoms with Gasteiger partial charge in [0.1, 0.15) is 11.6 Å². The molecular formula is C58H61N3O. The number of hydrogen-bond acceptors (Lipinski definition) is 3. The van der Waals surface area contributed by atoms with Crippen molar-refractivity contribution in [2.75, 3.05) is 0 Å². The third kappa shape index (κ3) is 8.23. The van der Waals surface area contributed by atoms with Gasteiger partial charge in [-0.2, -0.15) is 0 Å². The van der Waals surface area contributed by atoms with Crippen LogP contribution in [0.4, 0.5) is 0 Å². The van der Waals surface area contributed by atoms with Crippen LogP contribution in [-0.2, 0) is 5.41 Å². The highest BCUT2D eigenvalue weighted by atomic mass is 16.3. The van der Waals surface area contributed by atoms with Gasteiger partial charge in [0.15, 0.2) is 0 Å². The Labute approximate surface area is 372 Å². The zero-order valence-electron chi connectivity index (χ0n) is 40.2. The highest BCUT2D eigenvalue weighted by Crippen LogP contribution is 2.44. The van der Waals surface area contributed by atoms with E-state index in [4.69, 9.17) is 11.3 Å². The number of nitrogens with zero attached hydrogens (tertiary/aromatic N) is 3. The summed E-state index contributed by atoms with van der Waals surface area (Å²) in [6, 6.07) is 46.5. The fraction of sp³-hybridized carbons (Fsp3) is 0.276. The van der Waals surface area contributed by atoms with Crippen molar-refractivity contribution in [3.05, 3.63) is 167 Å². The predicted molar refractivity (Wildman–Crippen MR) is 263 cm³/mol. The first kappa shape index (κ1) is 39.9. The van der Waals surface area contributed by atoms with Crippen LogP contribution in [0.15, 0.2) is 140 Å². The second-order valence-corrected chi connectivity index (χ2v) is 18.9. The van der Waals surface area contributed by atoms with E-state index in [-0.39, 0.29) is 23.0 Å². The Morgan fingerprint density at radius 3 is 1.94 bits per heavy atom. The number of phenols is 1. The summed E-state index contributed by atoms with van der Waals surface area (Å²) < 4.78 is 20.1. The van der Waals surface area contributed by atoms with Crippen molar-refractivity contribution < 1.29 is 7.85 Å². The monoisotopic (exact) mass is 817 g/mol. The van der Waals surface area contributed by atoms with E-state index in [0.717, 1.165) is 83.6 Å². The van der Waals surface area contributed by atoms with E-state index in [1.165, 1.54) is 5.56 Å². The summed E-state index contributed by atoms with van der Waals surface area (Å²) in [5, 5.41) is 12.2. The molecule has 8 aromatic rings. The minimum absolute atomic E-state index is 0.0899. The molecule has 0 spiro atoms. The van der Waals surface area contributed by atoms with E-state index in [1.807, 2.05) is 70.3 Å². The third-order valence-electron chi connectivity index (χ3n) is 12.2. The van der Waals surface area contributed by atoms with Gasteiger partial charge in [-0.25, -0.2) is 4.98 Å². The molecule has 0 radical (unpaired) electrons. The lowest BCUT2D eigenvalue weighted by molar-refractivity contribution is 0.466. The van der Waals surface area contributed by atoms with Crippen molar-refractivity contribution in [3.8, 4) is 67.5 Å². The SMILES string of the molecule is [2H]C(C)(C)c1ccc(-c2ccnc(-c3cc(-c4cccc5c4nc(-c4cc(C(C)C)cc(C(C)C)c4O)n5-c4ccc(-c5ccccc5)c(C([2H])(C)C)c4)cc(C(C)(C)C)c3)c2)cc1. The van der Waals surface area contributed by atoms with Gasteiger partial charge in [-0.15, -0.1) is 0 Å². The number of rotatable bonds is 10. The molecule has 0 aliphatic rings. The molecular weight excluding hydrogens is 755 g/mol. The van der Waals surface area contributed by atoms with Crippen LogP contribution in [0.2, 0.25) is 0 Å². The van der Waals surface area contributed by atoms with Gasteiger partial charge in [-0.3, -0.25) is 9.55 Å². The fourth-order valence-electron chi connectivity index (χ4n) is 8.48. The number of fused-ring (bicyclic) bond motifs is 1. The first-order valence-corrected chi connectivity index (χ1v) is 22.0. The number of imidazole rings is 1. The average molecular weight is 818 g/mol. The highest BCUT2D eigenvalue weighted by Gasteiger charge is 2.25. The molecule has 2 heterocycles. The smallest absolute Gasteiger partial charge is 0.149 e. The van der Waals surface area contributed by atoms with Crippen LogP contribution in [0.3, 0.4) is 0 Å². The van der Waals surface area contributed by atoms with Gasteiger partial charge in [0.05, 0.1) is 22.3 Å². The van der Waals surface area contributed by atoms with Crippen LogP contribution in [0.1, 0.15) is 130 Å². The average Bonchev–Trinajstić information content (AvgIpc) is 3.65. The molecule has 0 unspecified atom stereocenters. The van der Waals surface area contributed by atoms with Gasteiger partial charge >= 0.3 is 0 Å². The molecule has 6 aromatic carbocycles. The zero-order valence-corrected chi connectivity index (χ0v) is 38.2. The maximum absolute atomic E-state index is 12.2. The van der Waals surface area contributed by atoms with E-state index in [1.54, 1.807) is 0 Å². The molecule has 1 N–H and O–H groups in total. The summed E-state index contributed by atoms with van der Waals surface area (Å²) in [6.07, 6.45) is 1.88. The molecule has 8 rings (SSSR count). The van der Waals surface area contributed by atoms with E-state index in [0.29, 0.717) is 11.4 Å². The molecule has 0 aliphatic carbocycles. The quantitative estimate of drug-likeness (QED) is 0.150. The van der Waals surface area contributed by atoms with Gasteiger partial charge in [0.25, 0.3) is 0 Å². The third-order valence-corrected chi connectivity index (χ3v) is 12.2. The Kier molecular flexibility index (Phi) is 10.9. The number of pyridine rings is 1. The maximum atomic E-state index is 12.2. The highest BCUT2D eigenvalue weighted by molar-refractivity contribution is 5.97. The van der Waals surface area contributed by atoms with Crippen molar-refractivity contribution in [2.24, 2.45) is 0 Å². The number of phenolic OH excluding ortho intramolecular Hbond substituents is 1. The molecule has 0 atom stereocenters. The molecule has 314 valence electrons. The molecule has 4 heteroatoms. The Hall–Kier alpha value is -6.26. The standard InChI is InChI=1S/C58H61N3O/c1-35(2)39-20-22-40(23-21-39)42-26-27-59-53(33-42)45-28-44(29-46(30-45)58(9,10)11)49-18-15-19-54-55(49)60-57(52-32-43(36(3)4)31-51(38(7)8)56(52)62)61(54)47-24-25-48(50(34-47)37(5)6)41-16-13-12-14-17-41/h12-38,62H,1-11H3/i35D,37D. The summed E-state index contributed by atoms with van der Waals surface area (Å²) in [5.74, 6) is -0.383. The van der Waals surface area contributed by atoms with Crippen LogP contribution >= 0.6 is 0 Å². The Balaban J connectivity index is 1.38.